The lowest BCUT2D eigenvalue weighted by molar-refractivity contribution is -0.895. The molecule has 0 unspecified atom stereocenters. The molecule has 0 radical (unpaired) electrons. The average Bonchev–Trinajstić information content (AvgIpc) is 2.67. The summed E-state index contributed by atoms with van der Waals surface area (Å²) in [7, 11) is 0. The van der Waals surface area contributed by atoms with E-state index in [1.54, 1.807) is 0 Å². The molecule has 1 heterocycles. The van der Waals surface area contributed by atoms with Gasteiger partial charge in [-0.05, 0) is 55.7 Å². The smallest absolute Gasteiger partial charge is 0.279 e. The average molecular weight is 398 g/mol. The van der Waals surface area contributed by atoms with Gasteiger partial charge in [0.2, 0.25) is 0 Å². The van der Waals surface area contributed by atoms with E-state index in [4.69, 9.17) is 12.2 Å². The first-order valence-electron chi connectivity index (χ1n) is 9.75. The topological polar surface area (TPSA) is 48.8 Å². The Labute approximate surface area is 172 Å². The second kappa shape index (κ2) is 9.17. The van der Waals surface area contributed by atoms with E-state index in [1.165, 1.54) is 10.5 Å². The van der Waals surface area contributed by atoms with Crippen LogP contribution in [0.15, 0.2) is 42.5 Å². The molecule has 0 aromatic heterocycles. The van der Waals surface area contributed by atoms with Crippen molar-refractivity contribution >= 4 is 34.6 Å². The summed E-state index contributed by atoms with van der Waals surface area (Å²) < 4.78 is 0. The van der Waals surface area contributed by atoms with Crippen LogP contribution in [0.3, 0.4) is 0 Å². The second-order valence-electron chi connectivity index (χ2n) is 7.47. The third kappa shape index (κ3) is 5.09. The summed E-state index contributed by atoms with van der Waals surface area (Å²) in [6.07, 6.45) is 0. The largest absolute Gasteiger partial charge is 0.338 e. The molecule has 1 aliphatic rings. The minimum Gasteiger partial charge on any atom is -0.338 e. The number of anilines is 2. The maximum Gasteiger partial charge on any atom is 0.279 e. The molecule has 3 rings (SSSR count). The molecule has 2 aromatic rings. The van der Waals surface area contributed by atoms with Crippen molar-refractivity contribution in [1.29, 1.82) is 0 Å². The maximum absolute atomic E-state index is 12.5. The molecule has 0 spiro atoms. The zero-order chi connectivity index (χ0) is 20.1. The summed E-state index contributed by atoms with van der Waals surface area (Å²) in [5.41, 5.74) is 5.36. The van der Waals surface area contributed by atoms with Crippen LogP contribution in [0, 0.1) is 20.8 Å². The normalized spacial score (nSPS) is 14.6. The van der Waals surface area contributed by atoms with Gasteiger partial charge in [-0.3, -0.25) is 4.79 Å². The SMILES string of the molecule is Cc1ccccc1NC(=S)N1CC[NH+](CC(=O)Nc2c(C)cccc2C)CC1. The highest BCUT2D eigenvalue weighted by molar-refractivity contribution is 7.80. The predicted molar refractivity (Wildman–Crippen MR) is 119 cm³/mol. The molecule has 3 N–H and O–H groups in total. The van der Waals surface area contributed by atoms with Crippen LogP contribution in [0.1, 0.15) is 16.7 Å². The molecule has 0 atom stereocenters. The highest BCUT2D eigenvalue weighted by Crippen LogP contribution is 2.19. The molecule has 148 valence electrons. The quantitative estimate of drug-likeness (QED) is 0.692. The summed E-state index contributed by atoms with van der Waals surface area (Å²) in [6.45, 7) is 10.1. The van der Waals surface area contributed by atoms with E-state index in [2.05, 4.69) is 28.5 Å². The number of nitrogens with zero attached hydrogens (tertiary/aromatic N) is 1. The molecule has 28 heavy (non-hydrogen) atoms. The van der Waals surface area contributed by atoms with Crippen LogP contribution in [0.2, 0.25) is 0 Å². The van der Waals surface area contributed by atoms with Crippen molar-refractivity contribution in [1.82, 2.24) is 4.90 Å². The lowest BCUT2D eigenvalue weighted by Crippen LogP contribution is -3.15. The number of rotatable bonds is 4. The summed E-state index contributed by atoms with van der Waals surface area (Å²) in [6, 6.07) is 14.2. The van der Waals surface area contributed by atoms with Gasteiger partial charge in [0.05, 0.1) is 26.2 Å². The van der Waals surface area contributed by atoms with E-state index in [0.717, 1.165) is 53.8 Å². The maximum atomic E-state index is 12.5. The fourth-order valence-corrected chi connectivity index (χ4v) is 3.83. The Morgan fingerprint density at radius 1 is 0.964 bits per heavy atom. The first-order chi connectivity index (χ1) is 13.4. The molecule has 1 amide bonds. The minimum absolute atomic E-state index is 0.0708. The van der Waals surface area contributed by atoms with Gasteiger partial charge < -0.3 is 20.4 Å². The number of piperazine rings is 1. The third-order valence-corrected chi connectivity index (χ3v) is 5.66. The zero-order valence-corrected chi connectivity index (χ0v) is 17.7. The summed E-state index contributed by atoms with van der Waals surface area (Å²) in [5, 5.41) is 7.19. The first kappa shape index (κ1) is 20.3. The van der Waals surface area contributed by atoms with E-state index >= 15 is 0 Å². The van der Waals surface area contributed by atoms with Crippen LogP contribution in [-0.4, -0.2) is 48.6 Å². The van der Waals surface area contributed by atoms with Gasteiger partial charge in [0.25, 0.3) is 5.91 Å². The molecule has 2 aromatic carbocycles. The number of aryl methyl sites for hydroxylation is 3. The number of carbonyl (C=O) groups excluding carboxylic acids is 1. The molecule has 0 bridgehead atoms. The Morgan fingerprint density at radius 3 is 2.21 bits per heavy atom. The van der Waals surface area contributed by atoms with Crippen LogP contribution in [0.25, 0.3) is 0 Å². The summed E-state index contributed by atoms with van der Waals surface area (Å²) in [5.74, 6) is 0.0708. The van der Waals surface area contributed by atoms with Crippen LogP contribution in [0.4, 0.5) is 11.4 Å². The van der Waals surface area contributed by atoms with Crippen molar-refractivity contribution in [2.24, 2.45) is 0 Å². The fourth-order valence-electron chi connectivity index (χ4n) is 3.53. The number of hydrogen-bond donors (Lipinski definition) is 3. The number of hydrogen-bond acceptors (Lipinski definition) is 2. The van der Waals surface area contributed by atoms with Crippen molar-refractivity contribution in [3.05, 3.63) is 59.2 Å². The molecule has 1 saturated heterocycles. The number of nitrogens with one attached hydrogen (secondary N) is 3. The Kier molecular flexibility index (Phi) is 6.65. The van der Waals surface area contributed by atoms with Crippen LogP contribution in [0.5, 0.6) is 0 Å². The van der Waals surface area contributed by atoms with Gasteiger partial charge in [-0.1, -0.05) is 36.4 Å². The molecule has 0 saturated carbocycles. The summed E-state index contributed by atoms with van der Waals surface area (Å²) in [4.78, 5) is 16.0. The Balaban J connectivity index is 1.48. The molecular formula is C22H29N4OS+. The van der Waals surface area contributed by atoms with Crippen molar-refractivity contribution in [2.75, 3.05) is 43.4 Å². The lowest BCUT2D eigenvalue weighted by Gasteiger charge is -2.33. The molecular weight excluding hydrogens is 368 g/mol. The van der Waals surface area contributed by atoms with Gasteiger partial charge in [-0.15, -0.1) is 0 Å². The molecule has 6 heteroatoms. The molecule has 0 aliphatic carbocycles. The number of amides is 1. The third-order valence-electron chi connectivity index (χ3n) is 5.30. The highest BCUT2D eigenvalue weighted by Gasteiger charge is 2.24. The Bertz CT molecular complexity index is 839. The van der Waals surface area contributed by atoms with E-state index in [1.807, 2.05) is 50.2 Å². The first-order valence-corrected chi connectivity index (χ1v) is 10.2. The molecule has 5 nitrogen and oxygen atoms in total. The summed E-state index contributed by atoms with van der Waals surface area (Å²) >= 11 is 5.58. The number of benzene rings is 2. The standard InChI is InChI=1S/C22H28N4OS/c1-16-7-4-5-10-19(16)23-22(28)26-13-11-25(12-14-26)15-20(27)24-21-17(2)8-6-9-18(21)3/h4-10H,11-15H2,1-3H3,(H,23,28)(H,24,27)/p+1. The van der Waals surface area contributed by atoms with Crippen LogP contribution in [-0.2, 0) is 4.79 Å². The zero-order valence-electron chi connectivity index (χ0n) is 16.8. The van der Waals surface area contributed by atoms with Crippen molar-refractivity contribution in [2.45, 2.75) is 20.8 Å². The van der Waals surface area contributed by atoms with Gasteiger partial charge in [0.15, 0.2) is 11.7 Å². The van der Waals surface area contributed by atoms with E-state index in [0.29, 0.717) is 6.54 Å². The molecule has 1 fully saturated rings. The van der Waals surface area contributed by atoms with Gasteiger partial charge in [-0.25, -0.2) is 0 Å². The number of carbonyl (C=O) groups is 1. The fraction of sp³-hybridized carbons (Fsp3) is 0.364. The molecule has 1 aliphatic heterocycles. The van der Waals surface area contributed by atoms with Gasteiger partial charge in [0, 0.05) is 11.4 Å². The van der Waals surface area contributed by atoms with Crippen molar-refractivity contribution in [3.63, 3.8) is 0 Å². The van der Waals surface area contributed by atoms with Gasteiger partial charge in [0.1, 0.15) is 0 Å². The number of thiocarbonyl (C=S) groups is 1. The van der Waals surface area contributed by atoms with Gasteiger partial charge >= 0.3 is 0 Å². The Hall–Kier alpha value is -2.44. The van der Waals surface area contributed by atoms with E-state index in [-0.39, 0.29) is 5.91 Å². The lowest BCUT2D eigenvalue weighted by atomic mass is 10.1. The van der Waals surface area contributed by atoms with E-state index in [9.17, 15) is 4.79 Å². The number of para-hydroxylation sites is 2. The number of quaternary nitrogens is 1. The highest BCUT2D eigenvalue weighted by atomic mass is 32.1. The predicted octanol–water partition coefficient (Wildman–Crippen LogP) is 2.15. The van der Waals surface area contributed by atoms with Crippen LogP contribution < -0.4 is 15.5 Å². The van der Waals surface area contributed by atoms with E-state index < -0.39 is 0 Å². The van der Waals surface area contributed by atoms with Gasteiger partial charge in [-0.2, -0.15) is 0 Å². The van der Waals surface area contributed by atoms with Crippen molar-refractivity contribution < 1.29 is 9.69 Å². The van der Waals surface area contributed by atoms with Crippen LogP contribution >= 0.6 is 12.2 Å². The minimum atomic E-state index is 0.0708. The monoisotopic (exact) mass is 397 g/mol. The van der Waals surface area contributed by atoms with Crippen molar-refractivity contribution in [3.8, 4) is 0 Å². The Morgan fingerprint density at radius 2 is 1.57 bits per heavy atom. The second-order valence-corrected chi connectivity index (χ2v) is 7.86.